The van der Waals surface area contributed by atoms with Gasteiger partial charge in [-0.05, 0) is 12.7 Å². The Hall–Kier alpha value is -0.550. The van der Waals surface area contributed by atoms with E-state index in [4.69, 9.17) is 4.74 Å². The standard InChI is InChI=1S/C14H28N6OS.HI/c1-4-13-19-18-12-20(13)9-7-16-14(17-8-11-22-3)15-6-5-10-21-2;/h12H,4-11H2,1-3H3,(H2,15,16,17);1H. The van der Waals surface area contributed by atoms with Gasteiger partial charge in [-0.2, -0.15) is 11.8 Å². The molecule has 0 aliphatic rings. The molecule has 0 amide bonds. The predicted molar refractivity (Wildman–Crippen MR) is 108 cm³/mol. The van der Waals surface area contributed by atoms with Crippen molar-refractivity contribution in [2.45, 2.75) is 26.3 Å². The van der Waals surface area contributed by atoms with E-state index in [-0.39, 0.29) is 24.0 Å². The van der Waals surface area contributed by atoms with E-state index in [0.29, 0.717) is 0 Å². The molecule has 1 rings (SSSR count). The monoisotopic (exact) mass is 456 g/mol. The van der Waals surface area contributed by atoms with E-state index >= 15 is 0 Å². The molecule has 0 atom stereocenters. The molecule has 134 valence electrons. The zero-order valence-corrected chi connectivity index (χ0v) is 17.4. The van der Waals surface area contributed by atoms with Crippen LogP contribution in [0, 0.1) is 0 Å². The van der Waals surface area contributed by atoms with Crippen LogP contribution in [-0.4, -0.2) is 66.1 Å². The Labute approximate surface area is 160 Å². The van der Waals surface area contributed by atoms with Gasteiger partial charge in [0.25, 0.3) is 0 Å². The second-order valence-corrected chi connectivity index (χ2v) is 5.70. The lowest BCUT2D eigenvalue weighted by molar-refractivity contribution is 0.197. The van der Waals surface area contributed by atoms with Crippen LogP contribution in [0.5, 0.6) is 0 Å². The van der Waals surface area contributed by atoms with E-state index in [0.717, 1.165) is 63.2 Å². The summed E-state index contributed by atoms with van der Waals surface area (Å²) in [4.78, 5) is 4.56. The van der Waals surface area contributed by atoms with Crippen molar-refractivity contribution in [2.24, 2.45) is 4.99 Å². The molecule has 9 heteroatoms. The van der Waals surface area contributed by atoms with Crippen molar-refractivity contribution in [1.29, 1.82) is 0 Å². The maximum Gasteiger partial charge on any atom is 0.191 e. The summed E-state index contributed by atoms with van der Waals surface area (Å²) in [5.41, 5.74) is 0. The molecular formula is C14H29IN6OS. The summed E-state index contributed by atoms with van der Waals surface area (Å²) < 4.78 is 7.11. The molecule has 0 bridgehead atoms. The molecule has 0 saturated heterocycles. The average Bonchev–Trinajstić information content (AvgIpc) is 2.98. The summed E-state index contributed by atoms with van der Waals surface area (Å²) in [6, 6.07) is 0. The van der Waals surface area contributed by atoms with Crippen LogP contribution in [0.2, 0.25) is 0 Å². The number of hydrogen-bond donors (Lipinski definition) is 2. The molecule has 0 aromatic carbocycles. The lowest BCUT2D eigenvalue weighted by Crippen LogP contribution is -2.40. The fourth-order valence-corrected chi connectivity index (χ4v) is 2.19. The highest BCUT2D eigenvalue weighted by molar-refractivity contribution is 14.0. The number of aromatic nitrogens is 3. The zero-order valence-electron chi connectivity index (χ0n) is 14.2. The molecule has 0 radical (unpaired) electrons. The van der Waals surface area contributed by atoms with Gasteiger partial charge in [-0.25, -0.2) is 0 Å². The van der Waals surface area contributed by atoms with Crippen molar-refractivity contribution < 1.29 is 4.74 Å². The quantitative estimate of drug-likeness (QED) is 0.227. The molecule has 0 unspecified atom stereocenters. The highest BCUT2D eigenvalue weighted by Gasteiger charge is 2.02. The van der Waals surface area contributed by atoms with Crippen LogP contribution in [0.1, 0.15) is 19.2 Å². The van der Waals surface area contributed by atoms with Gasteiger partial charge in [-0.1, -0.05) is 6.92 Å². The molecule has 0 fully saturated rings. The zero-order chi connectivity index (χ0) is 16.0. The molecule has 0 saturated carbocycles. The van der Waals surface area contributed by atoms with Crippen molar-refractivity contribution in [2.75, 3.05) is 45.4 Å². The summed E-state index contributed by atoms with van der Waals surface area (Å²) in [5, 5.41) is 14.7. The number of aliphatic imine (C=N–C) groups is 1. The van der Waals surface area contributed by atoms with Gasteiger partial charge in [0, 0.05) is 52.1 Å². The van der Waals surface area contributed by atoms with E-state index < -0.39 is 0 Å². The normalized spacial score (nSPS) is 11.2. The summed E-state index contributed by atoms with van der Waals surface area (Å²) >= 11 is 1.82. The number of guanidine groups is 1. The summed E-state index contributed by atoms with van der Waals surface area (Å²) in [5.74, 6) is 2.93. The van der Waals surface area contributed by atoms with Gasteiger partial charge in [0.2, 0.25) is 0 Å². The SMILES string of the molecule is CCc1nncn1CCNC(=NCCCOC)NCCSC.I. The Kier molecular flexibility index (Phi) is 14.6. The maximum atomic E-state index is 5.05. The van der Waals surface area contributed by atoms with Crippen LogP contribution in [0.25, 0.3) is 0 Å². The number of ether oxygens (including phenoxy) is 1. The Bertz CT molecular complexity index is 429. The minimum absolute atomic E-state index is 0. The van der Waals surface area contributed by atoms with Crippen LogP contribution in [0.3, 0.4) is 0 Å². The van der Waals surface area contributed by atoms with E-state index in [9.17, 15) is 0 Å². The van der Waals surface area contributed by atoms with E-state index in [2.05, 4.69) is 43.6 Å². The first-order chi connectivity index (χ1) is 10.8. The number of aryl methyl sites for hydroxylation is 1. The number of halogens is 1. The van der Waals surface area contributed by atoms with Crippen molar-refractivity contribution in [3.8, 4) is 0 Å². The van der Waals surface area contributed by atoms with Crippen LogP contribution >= 0.6 is 35.7 Å². The topological polar surface area (TPSA) is 76.4 Å². The third kappa shape index (κ3) is 10.0. The van der Waals surface area contributed by atoms with Crippen LogP contribution in [-0.2, 0) is 17.7 Å². The van der Waals surface area contributed by atoms with Crippen LogP contribution < -0.4 is 10.6 Å². The summed E-state index contributed by atoms with van der Waals surface area (Å²) in [6.07, 6.45) is 5.70. The van der Waals surface area contributed by atoms with Crippen molar-refractivity contribution in [1.82, 2.24) is 25.4 Å². The highest BCUT2D eigenvalue weighted by Crippen LogP contribution is 1.95. The number of hydrogen-bond acceptors (Lipinski definition) is 5. The molecule has 1 heterocycles. The first-order valence-corrected chi connectivity index (χ1v) is 9.08. The Balaban J connectivity index is 0.00000484. The van der Waals surface area contributed by atoms with Gasteiger partial charge in [0.05, 0.1) is 0 Å². The molecule has 0 aliphatic carbocycles. The number of thioether (sulfide) groups is 1. The molecule has 0 spiro atoms. The lowest BCUT2D eigenvalue weighted by atomic mass is 10.4. The third-order valence-electron chi connectivity index (χ3n) is 3.03. The van der Waals surface area contributed by atoms with Crippen molar-refractivity contribution >= 4 is 41.7 Å². The second kappa shape index (κ2) is 15.0. The molecular weight excluding hydrogens is 427 g/mol. The summed E-state index contributed by atoms with van der Waals surface area (Å²) in [6.45, 7) is 6.11. The van der Waals surface area contributed by atoms with Crippen LogP contribution in [0.4, 0.5) is 0 Å². The van der Waals surface area contributed by atoms with Gasteiger partial charge >= 0.3 is 0 Å². The fourth-order valence-electron chi connectivity index (χ4n) is 1.88. The third-order valence-corrected chi connectivity index (χ3v) is 3.64. The van der Waals surface area contributed by atoms with Crippen LogP contribution in [0.15, 0.2) is 11.3 Å². The largest absolute Gasteiger partial charge is 0.385 e. The number of nitrogens with zero attached hydrogens (tertiary/aromatic N) is 4. The molecule has 1 aromatic heterocycles. The molecule has 23 heavy (non-hydrogen) atoms. The number of nitrogens with one attached hydrogen (secondary N) is 2. The highest BCUT2D eigenvalue weighted by atomic mass is 127. The van der Waals surface area contributed by atoms with Gasteiger partial charge in [0.15, 0.2) is 5.96 Å². The summed E-state index contributed by atoms with van der Waals surface area (Å²) in [7, 11) is 1.71. The van der Waals surface area contributed by atoms with Crippen molar-refractivity contribution in [3.05, 3.63) is 12.2 Å². The average molecular weight is 456 g/mol. The first-order valence-electron chi connectivity index (χ1n) is 7.68. The minimum atomic E-state index is 0. The van der Waals surface area contributed by atoms with Gasteiger partial charge in [-0.15, -0.1) is 34.2 Å². The molecule has 1 aromatic rings. The molecule has 7 nitrogen and oxygen atoms in total. The van der Waals surface area contributed by atoms with Gasteiger partial charge in [-0.3, -0.25) is 4.99 Å². The van der Waals surface area contributed by atoms with E-state index in [1.165, 1.54) is 0 Å². The molecule has 0 aliphatic heterocycles. The smallest absolute Gasteiger partial charge is 0.191 e. The lowest BCUT2D eigenvalue weighted by Gasteiger charge is -2.13. The second-order valence-electron chi connectivity index (χ2n) is 4.72. The Morgan fingerprint density at radius 3 is 2.87 bits per heavy atom. The van der Waals surface area contributed by atoms with Gasteiger partial charge in [0.1, 0.15) is 12.2 Å². The maximum absolute atomic E-state index is 5.05. The molecule has 2 N–H and O–H groups in total. The Morgan fingerprint density at radius 1 is 1.39 bits per heavy atom. The number of methoxy groups -OCH3 is 1. The predicted octanol–water partition coefficient (Wildman–Crippen LogP) is 1.39. The Morgan fingerprint density at radius 2 is 2.17 bits per heavy atom. The van der Waals surface area contributed by atoms with E-state index in [1.54, 1.807) is 13.4 Å². The van der Waals surface area contributed by atoms with E-state index in [1.807, 2.05) is 11.8 Å². The first kappa shape index (κ1) is 22.4. The van der Waals surface area contributed by atoms with Crippen molar-refractivity contribution in [3.63, 3.8) is 0 Å². The number of rotatable bonds is 11. The minimum Gasteiger partial charge on any atom is -0.385 e. The van der Waals surface area contributed by atoms with Gasteiger partial charge < -0.3 is 19.9 Å². The fraction of sp³-hybridized carbons (Fsp3) is 0.786.